The Morgan fingerprint density at radius 3 is 2.72 bits per heavy atom. The van der Waals surface area contributed by atoms with Crippen LogP contribution in [0.2, 0.25) is 0 Å². The molecule has 2 aromatic rings. The molecular formula is C14H19N3O. The molecule has 4 nitrogen and oxygen atoms in total. The standard InChI is InChI=1S/C14H19N3O/c1-12(18-2)9-16-10-13-3-5-14(6-4-13)17-8-7-15-11-17/h3-8,11-12,16H,9-10H2,1-2H3. The number of aromatic nitrogens is 2. The molecule has 1 atom stereocenters. The molecule has 96 valence electrons. The fourth-order valence-electron chi connectivity index (χ4n) is 1.70. The van der Waals surface area contributed by atoms with E-state index in [0.717, 1.165) is 18.8 Å². The summed E-state index contributed by atoms with van der Waals surface area (Å²) in [6, 6.07) is 8.44. The van der Waals surface area contributed by atoms with Gasteiger partial charge in [0.05, 0.1) is 12.4 Å². The number of imidazole rings is 1. The lowest BCUT2D eigenvalue weighted by Gasteiger charge is -2.11. The van der Waals surface area contributed by atoms with Gasteiger partial charge in [0, 0.05) is 38.3 Å². The fourth-order valence-corrected chi connectivity index (χ4v) is 1.70. The summed E-state index contributed by atoms with van der Waals surface area (Å²) >= 11 is 0. The maximum atomic E-state index is 5.18. The lowest BCUT2D eigenvalue weighted by molar-refractivity contribution is 0.117. The number of ether oxygens (including phenoxy) is 1. The van der Waals surface area contributed by atoms with E-state index >= 15 is 0 Å². The zero-order valence-corrected chi connectivity index (χ0v) is 10.8. The van der Waals surface area contributed by atoms with Crippen molar-refractivity contribution in [3.05, 3.63) is 48.5 Å². The summed E-state index contributed by atoms with van der Waals surface area (Å²) in [4.78, 5) is 4.04. The van der Waals surface area contributed by atoms with Crippen LogP contribution in [0.3, 0.4) is 0 Å². The van der Waals surface area contributed by atoms with Gasteiger partial charge in [0.1, 0.15) is 0 Å². The van der Waals surface area contributed by atoms with E-state index in [1.54, 1.807) is 19.6 Å². The van der Waals surface area contributed by atoms with Crippen LogP contribution in [0.4, 0.5) is 0 Å². The first-order chi connectivity index (χ1) is 8.79. The van der Waals surface area contributed by atoms with Crippen molar-refractivity contribution in [3.8, 4) is 5.69 Å². The minimum Gasteiger partial charge on any atom is -0.380 e. The van der Waals surface area contributed by atoms with E-state index in [1.807, 2.05) is 10.8 Å². The molecule has 1 unspecified atom stereocenters. The van der Waals surface area contributed by atoms with Crippen LogP contribution < -0.4 is 5.32 Å². The average molecular weight is 245 g/mol. The minimum atomic E-state index is 0.246. The molecule has 0 saturated heterocycles. The van der Waals surface area contributed by atoms with Gasteiger partial charge in [0.15, 0.2) is 0 Å². The Kier molecular flexibility index (Phi) is 4.50. The molecule has 0 saturated carbocycles. The monoisotopic (exact) mass is 245 g/mol. The molecule has 0 bridgehead atoms. The number of rotatable bonds is 6. The lowest BCUT2D eigenvalue weighted by atomic mass is 10.2. The molecule has 4 heteroatoms. The average Bonchev–Trinajstić information content (AvgIpc) is 2.93. The maximum Gasteiger partial charge on any atom is 0.0991 e. The van der Waals surface area contributed by atoms with E-state index in [2.05, 4.69) is 41.5 Å². The lowest BCUT2D eigenvalue weighted by Crippen LogP contribution is -2.25. The zero-order chi connectivity index (χ0) is 12.8. The third-order valence-electron chi connectivity index (χ3n) is 2.90. The summed E-state index contributed by atoms with van der Waals surface area (Å²) < 4.78 is 7.17. The van der Waals surface area contributed by atoms with Crippen molar-refractivity contribution < 1.29 is 4.74 Å². The van der Waals surface area contributed by atoms with Gasteiger partial charge in [0.2, 0.25) is 0 Å². The highest BCUT2D eigenvalue weighted by atomic mass is 16.5. The normalized spacial score (nSPS) is 12.6. The fraction of sp³-hybridized carbons (Fsp3) is 0.357. The van der Waals surface area contributed by atoms with Crippen molar-refractivity contribution >= 4 is 0 Å². The number of nitrogens with one attached hydrogen (secondary N) is 1. The zero-order valence-electron chi connectivity index (χ0n) is 10.8. The maximum absolute atomic E-state index is 5.18. The molecule has 1 N–H and O–H groups in total. The van der Waals surface area contributed by atoms with Crippen LogP contribution in [-0.2, 0) is 11.3 Å². The molecule has 0 radical (unpaired) electrons. The van der Waals surface area contributed by atoms with Gasteiger partial charge in [-0.25, -0.2) is 4.98 Å². The van der Waals surface area contributed by atoms with Gasteiger partial charge >= 0.3 is 0 Å². The number of nitrogens with zero attached hydrogens (tertiary/aromatic N) is 2. The third kappa shape index (κ3) is 3.42. The second-order valence-electron chi connectivity index (χ2n) is 4.31. The summed E-state index contributed by atoms with van der Waals surface area (Å²) in [6.45, 7) is 3.77. The second-order valence-corrected chi connectivity index (χ2v) is 4.31. The van der Waals surface area contributed by atoms with E-state index in [4.69, 9.17) is 4.74 Å². The predicted molar refractivity (Wildman–Crippen MR) is 71.7 cm³/mol. The Morgan fingerprint density at radius 2 is 2.11 bits per heavy atom. The van der Waals surface area contributed by atoms with Crippen molar-refractivity contribution in [1.29, 1.82) is 0 Å². The molecule has 2 rings (SSSR count). The summed E-state index contributed by atoms with van der Waals surface area (Å²) in [6.07, 6.45) is 5.76. The molecule has 0 aliphatic carbocycles. The van der Waals surface area contributed by atoms with Gasteiger partial charge in [-0.15, -0.1) is 0 Å². The molecule has 1 heterocycles. The first-order valence-electron chi connectivity index (χ1n) is 6.10. The van der Waals surface area contributed by atoms with Crippen LogP contribution in [0.1, 0.15) is 12.5 Å². The van der Waals surface area contributed by atoms with Gasteiger partial charge in [-0.2, -0.15) is 0 Å². The molecule has 0 aliphatic heterocycles. The molecule has 0 fully saturated rings. The Labute approximate surface area is 108 Å². The van der Waals surface area contributed by atoms with E-state index in [9.17, 15) is 0 Å². The number of methoxy groups -OCH3 is 1. The van der Waals surface area contributed by atoms with Crippen molar-refractivity contribution in [1.82, 2.24) is 14.9 Å². The number of hydrogen-bond acceptors (Lipinski definition) is 3. The molecule has 0 spiro atoms. The summed E-state index contributed by atoms with van der Waals surface area (Å²) in [5.74, 6) is 0. The molecular weight excluding hydrogens is 226 g/mol. The van der Waals surface area contributed by atoms with Gasteiger partial charge in [0.25, 0.3) is 0 Å². The Hall–Kier alpha value is -1.65. The van der Waals surface area contributed by atoms with E-state index in [1.165, 1.54) is 5.56 Å². The van der Waals surface area contributed by atoms with E-state index in [-0.39, 0.29) is 6.10 Å². The second kappa shape index (κ2) is 6.33. The smallest absolute Gasteiger partial charge is 0.0991 e. The molecule has 1 aromatic heterocycles. The Balaban J connectivity index is 1.88. The predicted octanol–water partition coefficient (Wildman–Crippen LogP) is 2.00. The first-order valence-corrected chi connectivity index (χ1v) is 6.10. The third-order valence-corrected chi connectivity index (χ3v) is 2.90. The van der Waals surface area contributed by atoms with Crippen molar-refractivity contribution in [3.63, 3.8) is 0 Å². The van der Waals surface area contributed by atoms with Crippen molar-refractivity contribution in [2.45, 2.75) is 19.6 Å². The molecule has 1 aromatic carbocycles. The number of benzene rings is 1. The Bertz CT molecular complexity index is 450. The van der Waals surface area contributed by atoms with E-state index < -0.39 is 0 Å². The van der Waals surface area contributed by atoms with Crippen LogP contribution in [0.15, 0.2) is 43.0 Å². The summed E-state index contributed by atoms with van der Waals surface area (Å²) in [5.41, 5.74) is 2.39. The highest BCUT2D eigenvalue weighted by molar-refractivity contribution is 5.34. The largest absolute Gasteiger partial charge is 0.380 e. The highest BCUT2D eigenvalue weighted by Gasteiger charge is 1.99. The molecule has 0 amide bonds. The first kappa shape index (κ1) is 12.8. The van der Waals surface area contributed by atoms with Gasteiger partial charge in [-0.1, -0.05) is 12.1 Å². The quantitative estimate of drug-likeness (QED) is 0.846. The van der Waals surface area contributed by atoms with Gasteiger partial charge in [-0.05, 0) is 24.6 Å². The number of hydrogen-bond donors (Lipinski definition) is 1. The Morgan fingerprint density at radius 1 is 1.33 bits per heavy atom. The van der Waals surface area contributed by atoms with Crippen LogP contribution in [0.25, 0.3) is 5.69 Å². The van der Waals surface area contributed by atoms with Gasteiger partial charge < -0.3 is 14.6 Å². The molecule has 18 heavy (non-hydrogen) atoms. The van der Waals surface area contributed by atoms with Crippen LogP contribution in [-0.4, -0.2) is 29.3 Å². The molecule has 0 aliphatic rings. The minimum absolute atomic E-state index is 0.246. The SMILES string of the molecule is COC(C)CNCc1ccc(-n2ccnc2)cc1. The van der Waals surface area contributed by atoms with Crippen molar-refractivity contribution in [2.24, 2.45) is 0 Å². The van der Waals surface area contributed by atoms with Crippen LogP contribution in [0.5, 0.6) is 0 Å². The summed E-state index contributed by atoms with van der Waals surface area (Å²) in [5, 5.41) is 3.36. The van der Waals surface area contributed by atoms with Crippen LogP contribution in [0, 0.1) is 0 Å². The van der Waals surface area contributed by atoms with Crippen LogP contribution >= 0.6 is 0 Å². The van der Waals surface area contributed by atoms with E-state index in [0.29, 0.717) is 0 Å². The summed E-state index contributed by atoms with van der Waals surface area (Å²) in [7, 11) is 1.73. The van der Waals surface area contributed by atoms with Crippen molar-refractivity contribution in [2.75, 3.05) is 13.7 Å². The highest BCUT2D eigenvalue weighted by Crippen LogP contribution is 2.09. The van der Waals surface area contributed by atoms with Gasteiger partial charge in [-0.3, -0.25) is 0 Å². The topological polar surface area (TPSA) is 39.1 Å².